The van der Waals surface area contributed by atoms with E-state index in [0.29, 0.717) is 18.5 Å². The molecule has 7 N–H and O–H groups in total. The van der Waals surface area contributed by atoms with Gasteiger partial charge in [-0.3, -0.25) is 4.79 Å². The summed E-state index contributed by atoms with van der Waals surface area (Å²) in [7, 11) is 0. The topological polar surface area (TPSA) is 136 Å². The van der Waals surface area contributed by atoms with Gasteiger partial charge in [0.1, 0.15) is 17.3 Å². The third kappa shape index (κ3) is 12.6. The molecule has 0 saturated carbocycles. The molecule has 8 heteroatoms. The Morgan fingerprint density at radius 3 is 1.62 bits per heavy atom. The first-order valence-corrected chi connectivity index (χ1v) is 16.4. The molecule has 0 amide bonds. The highest BCUT2D eigenvalue weighted by Gasteiger charge is 2.11. The number of benzene rings is 6. The van der Waals surface area contributed by atoms with Gasteiger partial charge in [-0.15, -0.1) is 12.4 Å². The van der Waals surface area contributed by atoms with Crippen LogP contribution in [0.25, 0.3) is 21.5 Å². The van der Waals surface area contributed by atoms with Crippen molar-refractivity contribution < 1.29 is 25.2 Å². The Morgan fingerprint density at radius 2 is 1.12 bits per heavy atom. The van der Waals surface area contributed by atoms with Crippen molar-refractivity contribution in [3.63, 3.8) is 0 Å². The molecule has 50 heavy (non-hydrogen) atoms. The summed E-state index contributed by atoms with van der Waals surface area (Å²) < 4.78 is 0. The average molecular weight is 695 g/mol. The average Bonchev–Trinajstić information content (AvgIpc) is 3.10. The molecule has 0 aliphatic rings. The minimum absolute atomic E-state index is 0. The zero-order valence-corrected chi connectivity index (χ0v) is 29.3. The summed E-state index contributed by atoms with van der Waals surface area (Å²) in [6, 6.07) is 42.7. The molecular formula is C42H47ClN2O5. The van der Waals surface area contributed by atoms with E-state index in [1.165, 1.54) is 33.2 Å². The summed E-state index contributed by atoms with van der Waals surface area (Å²) in [5, 5.41) is 46.2. The number of ketones is 1. The lowest BCUT2D eigenvalue weighted by Crippen LogP contribution is -2.32. The van der Waals surface area contributed by atoms with Crippen molar-refractivity contribution in [1.82, 2.24) is 5.32 Å². The summed E-state index contributed by atoms with van der Waals surface area (Å²) in [5.74, 6) is 0.533. The van der Waals surface area contributed by atoms with Crippen LogP contribution in [0.1, 0.15) is 48.3 Å². The second-order valence-corrected chi connectivity index (χ2v) is 12.2. The lowest BCUT2D eigenvalue weighted by molar-refractivity contribution is -0.116. The number of fused-ring (bicyclic) bond motifs is 2. The van der Waals surface area contributed by atoms with E-state index in [0.717, 1.165) is 17.5 Å². The molecule has 0 aromatic heterocycles. The molecule has 0 heterocycles. The normalized spacial score (nSPS) is 12.3. The van der Waals surface area contributed by atoms with Crippen molar-refractivity contribution in [2.45, 2.75) is 44.9 Å². The number of aliphatic hydroxyl groups excluding tert-OH is 2. The van der Waals surface area contributed by atoms with Crippen molar-refractivity contribution in [1.29, 1.82) is 0 Å². The van der Waals surface area contributed by atoms with Crippen molar-refractivity contribution in [2.75, 3.05) is 13.1 Å². The van der Waals surface area contributed by atoms with Crippen LogP contribution < -0.4 is 11.1 Å². The van der Waals surface area contributed by atoms with Gasteiger partial charge in [0, 0.05) is 25.6 Å². The minimum Gasteiger partial charge on any atom is -0.508 e. The number of carbonyl (C=O) groups is 1. The Kier molecular flexibility index (Phi) is 15.9. The number of rotatable bonds is 10. The van der Waals surface area contributed by atoms with Gasteiger partial charge in [0.15, 0.2) is 0 Å². The number of phenolic OH excluding ortho intramolecular Hbond substituents is 2. The maximum absolute atomic E-state index is 10.9. The fourth-order valence-electron chi connectivity index (χ4n) is 5.46. The number of nitrogens with two attached hydrogens (primary N) is 1. The zero-order chi connectivity index (χ0) is 35.2. The molecule has 0 bridgehead atoms. The molecule has 0 aliphatic heterocycles. The fraction of sp³-hybridized carbons (Fsp3) is 0.214. The van der Waals surface area contributed by atoms with Crippen molar-refractivity contribution >= 4 is 39.7 Å². The van der Waals surface area contributed by atoms with Crippen LogP contribution in [0.5, 0.6) is 11.5 Å². The van der Waals surface area contributed by atoms with Crippen LogP contribution in [-0.2, 0) is 17.6 Å². The minimum atomic E-state index is -0.679. The highest BCUT2D eigenvalue weighted by atomic mass is 35.5. The van der Waals surface area contributed by atoms with Gasteiger partial charge in [0.05, 0.1) is 12.2 Å². The summed E-state index contributed by atoms with van der Waals surface area (Å²) in [5.41, 5.74) is 8.96. The Balaban J connectivity index is 0.000000221. The van der Waals surface area contributed by atoms with Gasteiger partial charge in [-0.05, 0) is 88.3 Å². The van der Waals surface area contributed by atoms with Gasteiger partial charge < -0.3 is 31.5 Å². The summed E-state index contributed by atoms with van der Waals surface area (Å²) in [6.07, 6.45) is 0.126. The monoisotopic (exact) mass is 694 g/mol. The molecule has 0 saturated heterocycles. The Labute approximate surface area is 300 Å². The standard InChI is InChI=1S/C21H23NO2.C13H12O.C8H11NO2.ClH/c1-15(22-14-21(24)19-7-4-8-20(23)13-19)11-16-9-10-17-5-2-3-6-18(17)12-16;1-10(14)8-11-6-7-12-4-2-3-5-13(12)9-11;9-5-8(11)6-2-1-3-7(10)4-6;/h2-10,12-13,15,21-24H,11,14H2,1H3;2-7,9H,8H2,1H3;1-4,8,10-11H,5,9H2;1H. The number of hydrogen-bond acceptors (Lipinski definition) is 7. The molecule has 0 fully saturated rings. The molecule has 3 atom stereocenters. The lowest BCUT2D eigenvalue weighted by atomic mass is 10.0. The van der Waals surface area contributed by atoms with Crippen LogP contribution in [-0.4, -0.2) is 45.3 Å². The number of Topliss-reactive ketones (excluding diaryl/α,β-unsaturated/α-hetero) is 1. The van der Waals surface area contributed by atoms with Crippen molar-refractivity contribution in [3.05, 3.63) is 156 Å². The molecule has 262 valence electrons. The summed E-state index contributed by atoms with van der Waals surface area (Å²) in [6.45, 7) is 4.36. The van der Waals surface area contributed by atoms with Crippen molar-refractivity contribution in [3.8, 4) is 11.5 Å². The Morgan fingerprint density at radius 1 is 0.640 bits per heavy atom. The smallest absolute Gasteiger partial charge is 0.134 e. The lowest BCUT2D eigenvalue weighted by Gasteiger charge is -2.18. The zero-order valence-electron chi connectivity index (χ0n) is 28.4. The molecule has 6 rings (SSSR count). The first-order chi connectivity index (χ1) is 23.6. The maximum atomic E-state index is 10.9. The second-order valence-electron chi connectivity index (χ2n) is 12.2. The van der Waals surface area contributed by atoms with Crippen LogP contribution in [0.2, 0.25) is 0 Å². The Hall–Kier alpha value is -4.76. The number of phenols is 2. The van der Waals surface area contributed by atoms with Crippen LogP contribution in [0, 0.1) is 0 Å². The first-order valence-electron chi connectivity index (χ1n) is 16.4. The van der Waals surface area contributed by atoms with Crippen LogP contribution in [0.3, 0.4) is 0 Å². The van der Waals surface area contributed by atoms with Crippen LogP contribution >= 0.6 is 12.4 Å². The number of hydrogen-bond donors (Lipinski definition) is 6. The highest BCUT2D eigenvalue weighted by molar-refractivity contribution is 5.86. The second kappa shape index (κ2) is 20.0. The molecule has 6 aromatic carbocycles. The Bertz CT molecular complexity index is 1950. The number of aliphatic hydroxyl groups is 2. The number of nitrogens with one attached hydrogen (secondary N) is 1. The molecular weight excluding hydrogens is 648 g/mol. The van der Waals surface area contributed by atoms with Gasteiger partial charge in [0.2, 0.25) is 0 Å². The number of halogens is 1. The molecule has 0 spiro atoms. The molecule has 0 radical (unpaired) electrons. The summed E-state index contributed by atoms with van der Waals surface area (Å²) in [4.78, 5) is 10.9. The van der Waals surface area contributed by atoms with E-state index in [1.54, 1.807) is 43.3 Å². The SMILES string of the molecule is CC(=O)Cc1ccc2ccccc2c1.CC(Cc1ccc2ccccc2c1)NCC(O)c1cccc(O)c1.Cl.NCC(O)c1cccc(O)c1. The maximum Gasteiger partial charge on any atom is 0.134 e. The highest BCUT2D eigenvalue weighted by Crippen LogP contribution is 2.20. The summed E-state index contributed by atoms with van der Waals surface area (Å²) >= 11 is 0. The van der Waals surface area contributed by atoms with Gasteiger partial charge >= 0.3 is 0 Å². The van der Waals surface area contributed by atoms with E-state index in [-0.39, 0.29) is 42.3 Å². The van der Waals surface area contributed by atoms with Gasteiger partial charge in [-0.1, -0.05) is 109 Å². The van der Waals surface area contributed by atoms with E-state index < -0.39 is 12.2 Å². The van der Waals surface area contributed by atoms with Gasteiger partial charge in [-0.25, -0.2) is 0 Å². The quantitative estimate of drug-likeness (QED) is 0.0870. The van der Waals surface area contributed by atoms with E-state index in [1.807, 2.05) is 24.3 Å². The number of carbonyl (C=O) groups excluding carboxylic acids is 1. The van der Waals surface area contributed by atoms with E-state index >= 15 is 0 Å². The van der Waals surface area contributed by atoms with Gasteiger partial charge in [0.25, 0.3) is 0 Å². The van der Waals surface area contributed by atoms with E-state index in [4.69, 9.17) is 10.8 Å². The molecule has 6 aromatic rings. The third-order valence-corrected chi connectivity index (χ3v) is 8.02. The largest absolute Gasteiger partial charge is 0.508 e. The van der Waals surface area contributed by atoms with Crippen molar-refractivity contribution in [2.24, 2.45) is 5.73 Å². The van der Waals surface area contributed by atoms with Gasteiger partial charge in [-0.2, -0.15) is 0 Å². The molecule has 0 aliphatic carbocycles. The number of aromatic hydroxyl groups is 2. The van der Waals surface area contributed by atoms with Crippen LogP contribution in [0.15, 0.2) is 133 Å². The fourth-order valence-corrected chi connectivity index (χ4v) is 5.46. The predicted molar refractivity (Wildman–Crippen MR) is 206 cm³/mol. The van der Waals surface area contributed by atoms with Crippen LogP contribution in [0.4, 0.5) is 0 Å². The molecule has 3 unspecified atom stereocenters. The van der Waals surface area contributed by atoms with E-state index in [2.05, 4.69) is 79.0 Å². The third-order valence-electron chi connectivity index (χ3n) is 8.02. The molecule has 7 nitrogen and oxygen atoms in total. The first kappa shape index (κ1) is 39.7. The van der Waals surface area contributed by atoms with E-state index in [9.17, 15) is 20.1 Å². The predicted octanol–water partition coefficient (Wildman–Crippen LogP) is 7.58.